The summed E-state index contributed by atoms with van der Waals surface area (Å²) < 4.78 is 32.6. The fourth-order valence-corrected chi connectivity index (χ4v) is 6.29. The Balaban J connectivity index is 0.000000306. The predicted molar refractivity (Wildman–Crippen MR) is 226 cm³/mol. The lowest BCUT2D eigenvalue weighted by atomic mass is 10.1. The van der Waals surface area contributed by atoms with Crippen LogP contribution in [0.5, 0.6) is 23.0 Å². The summed E-state index contributed by atoms with van der Waals surface area (Å²) in [5, 5.41) is 20.0. The summed E-state index contributed by atoms with van der Waals surface area (Å²) in [5.41, 5.74) is 0.441. The molecule has 0 unspecified atom stereocenters. The first-order chi connectivity index (χ1) is 27.7. The summed E-state index contributed by atoms with van der Waals surface area (Å²) in [6, 6.07) is 11.4. The molecule has 14 heteroatoms. The van der Waals surface area contributed by atoms with Crippen molar-refractivity contribution in [3.8, 4) is 23.0 Å². The average Bonchev–Trinajstić information content (AvgIpc) is 3.21. The molecular weight excluding hydrogens is 818 g/mol. The molecule has 57 heavy (non-hydrogen) atoms. The van der Waals surface area contributed by atoms with Crippen molar-refractivity contribution in [1.82, 2.24) is 0 Å². The Morgan fingerprint density at radius 2 is 0.965 bits per heavy atom. The highest BCUT2D eigenvalue weighted by Gasteiger charge is 2.11. The van der Waals surface area contributed by atoms with Crippen molar-refractivity contribution in [2.45, 2.75) is 110 Å². The Hall–Kier alpha value is -3.38. The smallest absolute Gasteiger partial charge is 0.227 e. The summed E-state index contributed by atoms with van der Waals surface area (Å²) in [5.74, 6) is 2.40. The molecule has 0 spiro atoms. The van der Waals surface area contributed by atoms with Crippen LogP contribution in [0.15, 0.2) is 73.4 Å². The van der Waals surface area contributed by atoms with Crippen LogP contribution < -0.4 is 29.8 Å². The third-order valence-corrected chi connectivity index (χ3v) is 10.3. The van der Waals surface area contributed by atoms with Gasteiger partial charge in [-0.25, -0.2) is 0 Å². The molecule has 2 aromatic carbocycles. The Kier molecular flexibility index (Phi) is 23.7. The fourth-order valence-electron chi connectivity index (χ4n) is 5.57. The molecule has 4 rings (SSSR count). The molecule has 0 radical (unpaired) electrons. The van der Waals surface area contributed by atoms with Crippen LogP contribution in [0.4, 0.5) is 0 Å². The van der Waals surface area contributed by atoms with Crippen molar-refractivity contribution in [2.75, 3.05) is 26.4 Å². The quantitative estimate of drug-likeness (QED) is 0.0586. The molecule has 0 atom stereocenters. The number of ether oxygens (including phenoxy) is 4. The maximum atomic E-state index is 11.7. The second-order valence-corrected chi connectivity index (χ2v) is 14.9. The summed E-state index contributed by atoms with van der Waals surface area (Å²) in [4.78, 5) is 23.4. The SMILES string of the molecule is CCCc1c(OCCCCCCCOc2coc(CO)cc2=O)ccc(Cl)c1Cl.O=c1cc(CO)occ1OCCCCCCCCCOc1ccc(Cl)c(Cl)c1. The van der Waals surface area contributed by atoms with Gasteiger partial charge in [-0.3, -0.25) is 9.59 Å². The molecule has 314 valence electrons. The minimum atomic E-state index is -0.301. The Labute approximate surface area is 354 Å². The predicted octanol–water partition coefficient (Wildman–Crippen LogP) is 11.4. The third-order valence-electron chi connectivity index (χ3n) is 8.68. The van der Waals surface area contributed by atoms with Gasteiger partial charge in [0.05, 0.1) is 46.5 Å². The lowest BCUT2D eigenvalue weighted by Gasteiger charge is -2.13. The molecule has 4 aromatic rings. The summed E-state index contributed by atoms with van der Waals surface area (Å²) in [7, 11) is 0. The molecule has 10 nitrogen and oxygen atoms in total. The zero-order chi connectivity index (χ0) is 41.3. The van der Waals surface area contributed by atoms with Crippen molar-refractivity contribution in [3.05, 3.63) is 113 Å². The molecule has 2 aromatic heterocycles. The first kappa shape index (κ1) is 48.0. The third kappa shape index (κ3) is 18.4. The number of rotatable bonds is 26. The van der Waals surface area contributed by atoms with Crippen molar-refractivity contribution in [1.29, 1.82) is 0 Å². The van der Waals surface area contributed by atoms with Crippen LogP contribution in [0.1, 0.15) is 107 Å². The van der Waals surface area contributed by atoms with E-state index in [9.17, 15) is 9.59 Å². The lowest BCUT2D eigenvalue weighted by molar-refractivity contribution is 0.236. The molecule has 0 amide bonds. The van der Waals surface area contributed by atoms with Gasteiger partial charge in [0.15, 0.2) is 0 Å². The van der Waals surface area contributed by atoms with Crippen LogP contribution >= 0.6 is 46.4 Å². The number of hydrogen-bond acceptors (Lipinski definition) is 10. The van der Waals surface area contributed by atoms with E-state index in [0.717, 1.165) is 101 Å². The zero-order valence-electron chi connectivity index (χ0n) is 32.5. The van der Waals surface area contributed by atoms with E-state index >= 15 is 0 Å². The maximum absolute atomic E-state index is 11.7. The zero-order valence-corrected chi connectivity index (χ0v) is 35.5. The molecule has 0 saturated carbocycles. The fraction of sp³-hybridized carbons (Fsp3) is 0.488. The van der Waals surface area contributed by atoms with E-state index in [4.69, 9.17) is 84.4 Å². The normalized spacial score (nSPS) is 10.9. The maximum Gasteiger partial charge on any atom is 0.227 e. The first-order valence-corrected chi connectivity index (χ1v) is 21.1. The monoisotopic (exact) mass is 870 g/mol. The summed E-state index contributed by atoms with van der Waals surface area (Å²) in [6.07, 6.45) is 16.8. The van der Waals surface area contributed by atoms with Crippen LogP contribution in [-0.4, -0.2) is 36.6 Å². The molecule has 0 fully saturated rings. The molecule has 2 N–H and O–H groups in total. The van der Waals surface area contributed by atoms with Gasteiger partial charge in [0.2, 0.25) is 22.4 Å². The Morgan fingerprint density at radius 1 is 0.526 bits per heavy atom. The van der Waals surface area contributed by atoms with Crippen molar-refractivity contribution >= 4 is 46.4 Å². The number of aliphatic hydroxyl groups excluding tert-OH is 2. The van der Waals surface area contributed by atoms with Gasteiger partial charge in [0.25, 0.3) is 0 Å². The van der Waals surface area contributed by atoms with E-state index in [1.54, 1.807) is 18.2 Å². The number of benzene rings is 2. The minimum absolute atomic E-state index is 0.181. The van der Waals surface area contributed by atoms with Crippen LogP contribution in [0.3, 0.4) is 0 Å². The molecule has 0 bridgehead atoms. The van der Waals surface area contributed by atoms with Crippen molar-refractivity contribution < 1.29 is 38.0 Å². The first-order valence-electron chi connectivity index (χ1n) is 19.5. The van der Waals surface area contributed by atoms with E-state index in [2.05, 4.69) is 6.92 Å². The Bertz CT molecular complexity index is 1860. The van der Waals surface area contributed by atoms with Crippen LogP contribution in [0, 0.1) is 0 Å². The van der Waals surface area contributed by atoms with Crippen molar-refractivity contribution in [2.24, 2.45) is 0 Å². The van der Waals surface area contributed by atoms with Gasteiger partial charge < -0.3 is 38.0 Å². The average molecular weight is 873 g/mol. The summed E-state index contributed by atoms with van der Waals surface area (Å²) >= 11 is 24.2. The van der Waals surface area contributed by atoms with Crippen LogP contribution in [0.2, 0.25) is 20.1 Å². The molecule has 2 heterocycles. The minimum Gasteiger partial charge on any atom is -0.494 e. The molecule has 0 aliphatic carbocycles. The van der Waals surface area contributed by atoms with Gasteiger partial charge in [0.1, 0.15) is 48.8 Å². The highest BCUT2D eigenvalue weighted by Crippen LogP contribution is 2.34. The molecule has 0 aliphatic heterocycles. The topological polar surface area (TPSA) is 138 Å². The second kappa shape index (κ2) is 28.1. The van der Waals surface area contributed by atoms with E-state index in [0.29, 0.717) is 46.5 Å². The molecule has 0 aliphatic rings. The van der Waals surface area contributed by atoms with Gasteiger partial charge in [-0.15, -0.1) is 0 Å². The van der Waals surface area contributed by atoms with E-state index in [1.807, 2.05) is 12.1 Å². The Morgan fingerprint density at radius 3 is 1.40 bits per heavy atom. The number of hydrogen-bond donors (Lipinski definition) is 2. The van der Waals surface area contributed by atoms with E-state index in [1.165, 1.54) is 31.1 Å². The van der Waals surface area contributed by atoms with Gasteiger partial charge in [0, 0.05) is 23.8 Å². The largest absolute Gasteiger partial charge is 0.494 e. The summed E-state index contributed by atoms with van der Waals surface area (Å²) in [6.45, 7) is 3.76. The lowest BCUT2D eigenvalue weighted by Crippen LogP contribution is -2.09. The molecule has 0 saturated heterocycles. The van der Waals surface area contributed by atoms with Gasteiger partial charge in [-0.05, 0) is 56.4 Å². The van der Waals surface area contributed by atoms with Crippen molar-refractivity contribution in [3.63, 3.8) is 0 Å². The van der Waals surface area contributed by atoms with E-state index < -0.39 is 0 Å². The number of aliphatic hydroxyl groups is 2. The number of unbranched alkanes of at least 4 members (excludes halogenated alkanes) is 10. The van der Waals surface area contributed by atoms with Crippen LogP contribution in [0.25, 0.3) is 0 Å². The van der Waals surface area contributed by atoms with Gasteiger partial charge >= 0.3 is 0 Å². The highest BCUT2D eigenvalue weighted by molar-refractivity contribution is 6.42. The second-order valence-electron chi connectivity index (χ2n) is 13.3. The molecular formula is C43H54Cl4O10. The highest BCUT2D eigenvalue weighted by atomic mass is 35.5. The standard InChI is InChI=1S/C22H28Cl2O5.C21H26Cl2O5/c1-2-8-17-20(10-9-18(23)22(17)24)27-11-6-4-3-5-7-12-28-21-15-29-16(14-25)13-19(21)26;22-18-9-8-16(12-19(18)23)26-10-6-4-2-1-3-5-7-11-27-21-15-28-17(14-24)13-20(21)25/h9-10,13,15,25H,2-8,11-12,14H2,1H3;8-9,12-13,15,24H,1-7,10-11,14H2. The van der Waals surface area contributed by atoms with Gasteiger partial charge in [-0.2, -0.15) is 0 Å². The van der Waals surface area contributed by atoms with E-state index in [-0.39, 0.29) is 47.1 Å². The van der Waals surface area contributed by atoms with Gasteiger partial charge in [-0.1, -0.05) is 111 Å². The van der Waals surface area contributed by atoms with Crippen LogP contribution in [-0.2, 0) is 19.6 Å². The number of halogens is 4.